The van der Waals surface area contributed by atoms with E-state index >= 15 is 0 Å². The second-order valence-corrected chi connectivity index (χ2v) is 9.71. The molecule has 1 heteroatoms. The minimum Gasteiger partial charge on any atom is -0.375 e. The van der Waals surface area contributed by atoms with Gasteiger partial charge in [-0.15, -0.1) is 0 Å². The van der Waals surface area contributed by atoms with Gasteiger partial charge in [-0.3, -0.25) is 0 Å². The fourth-order valence-electron chi connectivity index (χ4n) is 4.58. The van der Waals surface area contributed by atoms with Crippen molar-refractivity contribution in [3.05, 3.63) is 0 Å². The molecule has 0 heterocycles. The SMILES string of the molecule is CCCCCCCC(CCCC)CC(CCCCCCC)OC(C)CCCCC. The van der Waals surface area contributed by atoms with E-state index in [1.807, 2.05) is 0 Å². The predicted molar refractivity (Wildman–Crippen MR) is 133 cm³/mol. The van der Waals surface area contributed by atoms with Crippen LogP contribution >= 0.6 is 0 Å². The number of hydrogen-bond donors (Lipinski definition) is 0. The first kappa shape index (κ1) is 29.0. The highest BCUT2D eigenvalue weighted by Crippen LogP contribution is 2.27. The maximum absolute atomic E-state index is 6.66. The molecule has 0 aliphatic carbocycles. The maximum atomic E-state index is 6.66. The van der Waals surface area contributed by atoms with Gasteiger partial charge in [0.2, 0.25) is 0 Å². The molecule has 1 nitrogen and oxygen atoms in total. The van der Waals surface area contributed by atoms with Crippen molar-refractivity contribution in [3.63, 3.8) is 0 Å². The Morgan fingerprint density at radius 1 is 0.483 bits per heavy atom. The highest BCUT2D eigenvalue weighted by Gasteiger charge is 2.19. The Balaban J connectivity index is 4.55. The van der Waals surface area contributed by atoms with Gasteiger partial charge in [0.15, 0.2) is 0 Å². The van der Waals surface area contributed by atoms with Gasteiger partial charge in [0, 0.05) is 0 Å². The lowest BCUT2D eigenvalue weighted by molar-refractivity contribution is -0.0261. The molecule has 3 atom stereocenters. The normalized spacial score (nSPS) is 14.8. The Labute approximate surface area is 186 Å². The minimum atomic E-state index is 0.443. The summed E-state index contributed by atoms with van der Waals surface area (Å²) in [7, 11) is 0. The minimum absolute atomic E-state index is 0.443. The van der Waals surface area contributed by atoms with Crippen molar-refractivity contribution in [2.45, 2.75) is 175 Å². The zero-order chi connectivity index (χ0) is 21.6. The van der Waals surface area contributed by atoms with E-state index in [9.17, 15) is 0 Å². The third kappa shape index (κ3) is 19.7. The highest BCUT2D eigenvalue weighted by atomic mass is 16.5. The van der Waals surface area contributed by atoms with Crippen LogP contribution in [-0.4, -0.2) is 12.2 Å². The molecule has 0 aromatic carbocycles. The van der Waals surface area contributed by atoms with E-state index in [4.69, 9.17) is 4.74 Å². The maximum Gasteiger partial charge on any atom is 0.0581 e. The molecule has 0 spiro atoms. The molecular weight excluding hydrogens is 352 g/mol. The zero-order valence-electron chi connectivity index (χ0n) is 21.3. The van der Waals surface area contributed by atoms with Crippen LogP contribution in [0.2, 0.25) is 0 Å². The van der Waals surface area contributed by atoms with E-state index in [1.54, 1.807) is 0 Å². The Morgan fingerprint density at radius 2 is 0.931 bits per heavy atom. The zero-order valence-corrected chi connectivity index (χ0v) is 21.3. The lowest BCUT2D eigenvalue weighted by Gasteiger charge is -2.27. The lowest BCUT2D eigenvalue weighted by Crippen LogP contribution is -2.23. The van der Waals surface area contributed by atoms with Crippen LogP contribution in [0.4, 0.5) is 0 Å². The average Bonchev–Trinajstić information content (AvgIpc) is 2.71. The van der Waals surface area contributed by atoms with Gasteiger partial charge in [0.1, 0.15) is 0 Å². The topological polar surface area (TPSA) is 9.23 Å². The van der Waals surface area contributed by atoms with Crippen LogP contribution < -0.4 is 0 Å². The van der Waals surface area contributed by atoms with Gasteiger partial charge in [0.25, 0.3) is 0 Å². The summed E-state index contributed by atoms with van der Waals surface area (Å²) in [6.45, 7) is 11.6. The average molecular weight is 411 g/mol. The van der Waals surface area contributed by atoms with Gasteiger partial charge in [0.05, 0.1) is 12.2 Å². The first-order valence-corrected chi connectivity index (χ1v) is 13.8. The quantitative estimate of drug-likeness (QED) is 0.152. The molecule has 0 aliphatic heterocycles. The summed E-state index contributed by atoms with van der Waals surface area (Å²) < 4.78 is 6.66. The number of ether oxygens (including phenoxy) is 1. The largest absolute Gasteiger partial charge is 0.375 e. The summed E-state index contributed by atoms with van der Waals surface area (Å²) in [5.41, 5.74) is 0. The molecule has 0 aliphatic rings. The summed E-state index contributed by atoms with van der Waals surface area (Å²) in [5, 5.41) is 0. The Morgan fingerprint density at radius 3 is 1.52 bits per heavy atom. The summed E-state index contributed by atoms with van der Waals surface area (Å²) in [6.07, 6.45) is 28.4. The van der Waals surface area contributed by atoms with Crippen molar-refractivity contribution in [2.75, 3.05) is 0 Å². The van der Waals surface area contributed by atoms with Crippen LogP contribution in [0.3, 0.4) is 0 Å². The van der Waals surface area contributed by atoms with E-state index in [0.29, 0.717) is 12.2 Å². The van der Waals surface area contributed by atoms with Gasteiger partial charge in [-0.1, -0.05) is 137 Å². The number of hydrogen-bond acceptors (Lipinski definition) is 1. The molecular formula is C28H58O. The van der Waals surface area contributed by atoms with Gasteiger partial charge in [-0.05, 0) is 32.1 Å². The molecule has 0 saturated heterocycles. The van der Waals surface area contributed by atoms with Crippen molar-refractivity contribution in [1.29, 1.82) is 0 Å². The third-order valence-electron chi connectivity index (χ3n) is 6.55. The Bertz CT molecular complexity index is 301. The van der Waals surface area contributed by atoms with E-state index in [-0.39, 0.29) is 0 Å². The highest BCUT2D eigenvalue weighted by molar-refractivity contribution is 4.70. The monoisotopic (exact) mass is 410 g/mol. The Kier molecular flexibility index (Phi) is 22.6. The predicted octanol–water partition coefficient (Wildman–Crippen LogP) is 10.3. The molecule has 0 saturated carbocycles. The molecule has 0 bridgehead atoms. The van der Waals surface area contributed by atoms with Crippen molar-refractivity contribution < 1.29 is 4.74 Å². The molecule has 0 radical (unpaired) electrons. The fourth-order valence-corrected chi connectivity index (χ4v) is 4.58. The molecule has 176 valence electrons. The van der Waals surface area contributed by atoms with Crippen molar-refractivity contribution >= 4 is 0 Å². The fraction of sp³-hybridized carbons (Fsp3) is 1.00. The number of unbranched alkanes of at least 4 members (excludes halogenated alkanes) is 11. The molecule has 0 aromatic rings. The molecule has 0 aromatic heterocycles. The first-order chi connectivity index (χ1) is 14.2. The van der Waals surface area contributed by atoms with Crippen molar-refractivity contribution in [2.24, 2.45) is 5.92 Å². The van der Waals surface area contributed by atoms with Crippen LogP contribution in [0, 0.1) is 5.92 Å². The van der Waals surface area contributed by atoms with E-state index < -0.39 is 0 Å². The molecule has 0 fully saturated rings. The third-order valence-corrected chi connectivity index (χ3v) is 6.55. The van der Waals surface area contributed by atoms with Crippen LogP contribution in [0.25, 0.3) is 0 Å². The van der Waals surface area contributed by atoms with Crippen molar-refractivity contribution in [1.82, 2.24) is 0 Å². The first-order valence-electron chi connectivity index (χ1n) is 13.8. The molecule has 3 unspecified atom stereocenters. The van der Waals surface area contributed by atoms with Crippen LogP contribution in [-0.2, 0) is 4.74 Å². The summed E-state index contributed by atoms with van der Waals surface area (Å²) >= 11 is 0. The van der Waals surface area contributed by atoms with Gasteiger partial charge in [-0.2, -0.15) is 0 Å². The second-order valence-electron chi connectivity index (χ2n) is 9.71. The van der Waals surface area contributed by atoms with E-state index in [0.717, 1.165) is 5.92 Å². The Hall–Kier alpha value is -0.0400. The smallest absolute Gasteiger partial charge is 0.0581 e. The van der Waals surface area contributed by atoms with E-state index in [1.165, 1.54) is 128 Å². The standard InChI is InChI=1S/C28H58O/c1-6-10-14-16-19-23-27(22-13-9-4)25-28(24-20-17-15-11-7-2)29-26(5)21-18-12-8-3/h26-28H,6-25H2,1-5H3. The summed E-state index contributed by atoms with van der Waals surface area (Å²) in [5.74, 6) is 0.889. The molecule has 0 amide bonds. The van der Waals surface area contributed by atoms with E-state index in [2.05, 4.69) is 34.6 Å². The number of rotatable bonds is 23. The molecule has 0 N–H and O–H groups in total. The van der Waals surface area contributed by atoms with Gasteiger partial charge in [-0.25, -0.2) is 0 Å². The summed E-state index contributed by atoms with van der Waals surface area (Å²) in [6, 6.07) is 0. The molecule has 0 rings (SSSR count). The van der Waals surface area contributed by atoms with Gasteiger partial charge < -0.3 is 4.74 Å². The molecule has 29 heavy (non-hydrogen) atoms. The lowest BCUT2D eigenvalue weighted by atomic mass is 9.88. The summed E-state index contributed by atoms with van der Waals surface area (Å²) in [4.78, 5) is 0. The van der Waals surface area contributed by atoms with Gasteiger partial charge >= 0.3 is 0 Å². The van der Waals surface area contributed by atoms with Crippen molar-refractivity contribution in [3.8, 4) is 0 Å². The second kappa shape index (κ2) is 22.6. The van der Waals surface area contributed by atoms with Crippen LogP contribution in [0.15, 0.2) is 0 Å². The van der Waals surface area contributed by atoms with Crippen LogP contribution in [0.1, 0.15) is 163 Å². The van der Waals surface area contributed by atoms with Crippen LogP contribution in [0.5, 0.6) is 0 Å².